The standard InChI is InChI=1S/C20H23F3N6/c1-11(2)29-17(18-13-9-28(5-3-4-24)10-14(13)18)7-16(27-29)12-6-15(20(21,22)23)19(25)26-8-12/h6-8,11,13-14,18H,3,5,9-10H2,1-2H3,(H2,25,26). The molecule has 2 atom stereocenters. The number of pyridine rings is 1. The van der Waals surface area contributed by atoms with E-state index < -0.39 is 17.6 Å². The molecular weight excluding hydrogens is 381 g/mol. The highest BCUT2D eigenvalue weighted by Crippen LogP contribution is 2.58. The molecule has 0 aromatic carbocycles. The molecule has 154 valence electrons. The normalized spacial score (nSPS) is 24.0. The molecule has 2 aliphatic rings. The molecule has 2 aromatic heterocycles. The second-order valence-electron chi connectivity index (χ2n) is 8.17. The molecule has 0 bridgehead atoms. The predicted molar refractivity (Wildman–Crippen MR) is 102 cm³/mol. The monoisotopic (exact) mass is 404 g/mol. The van der Waals surface area contributed by atoms with Crippen molar-refractivity contribution in [2.24, 2.45) is 11.8 Å². The Morgan fingerprint density at radius 3 is 2.55 bits per heavy atom. The van der Waals surface area contributed by atoms with Crippen LogP contribution >= 0.6 is 0 Å². The van der Waals surface area contributed by atoms with Gasteiger partial charge in [0.2, 0.25) is 0 Å². The molecule has 2 fully saturated rings. The van der Waals surface area contributed by atoms with Crippen LogP contribution in [0.3, 0.4) is 0 Å². The van der Waals surface area contributed by atoms with Crippen molar-refractivity contribution in [1.82, 2.24) is 19.7 Å². The summed E-state index contributed by atoms with van der Waals surface area (Å²) in [6, 6.07) is 5.20. The number of piperidine rings is 1. The van der Waals surface area contributed by atoms with Crippen molar-refractivity contribution in [3.8, 4) is 17.3 Å². The number of rotatable bonds is 5. The van der Waals surface area contributed by atoms with Crippen molar-refractivity contribution in [3.05, 3.63) is 29.6 Å². The third-order valence-corrected chi connectivity index (χ3v) is 5.92. The van der Waals surface area contributed by atoms with Crippen molar-refractivity contribution in [3.63, 3.8) is 0 Å². The number of halogens is 3. The predicted octanol–water partition coefficient (Wildman–Crippen LogP) is 3.69. The van der Waals surface area contributed by atoms with Gasteiger partial charge in [-0.15, -0.1) is 0 Å². The van der Waals surface area contributed by atoms with Gasteiger partial charge in [-0.1, -0.05) is 0 Å². The van der Waals surface area contributed by atoms with Gasteiger partial charge >= 0.3 is 6.18 Å². The van der Waals surface area contributed by atoms with E-state index in [1.165, 1.54) is 6.20 Å². The van der Waals surface area contributed by atoms with Crippen molar-refractivity contribution in [2.75, 3.05) is 25.4 Å². The molecule has 3 heterocycles. The van der Waals surface area contributed by atoms with Crippen LogP contribution in [-0.2, 0) is 6.18 Å². The minimum Gasteiger partial charge on any atom is -0.383 e. The summed E-state index contributed by atoms with van der Waals surface area (Å²) in [4.78, 5) is 6.05. The van der Waals surface area contributed by atoms with E-state index in [1.54, 1.807) is 0 Å². The van der Waals surface area contributed by atoms with Gasteiger partial charge in [0.15, 0.2) is 0 Å². The van der Waals surface area contributed by atoms with Crippen molar-refractivity contribution in [1.29, 1.82) is 5.26 Å². The number of aromatic nitrogens is 3. The van der Waals surface area contributed by atoms with E-state index in [-0.39, 0.29) is 6.04 Å². The molecule has 29 heavy (non-hydrogen) atoms. The van der Waals surface area contributed by atoms with Crippen molar-refractivity contribution < 1.29 is 13.2 Å². The summed E-state index contributed by atoms with van der Waals surface area (Å²) in [6.45, 7) is 6.73. The Kier molecular flexibility index (Phi) is 4.77. The van der Waals surface area contributed by atoms with Crippen LogP contribution in [0.1, 0.15) is 43.5 Å². The van der Waals surface area contributed by atoms with Crippen molar-refractivity contribution >= 4 is 5.82 Å². The molecule has 2 unspecified atom stereocenters. The fourth-order valence-corrected chi connectivity index (χ4v) is 4.50. The largest absolute Gasteiger partial charge is 0.419 e. The molecule has 9 heteroatoms. The van der Waals surface area contributed by atoms with Gasteiger partial charge in [0.1, 0.15) is 5.82 Å². The van der Waals surface area contributed by atoms with Crippen LogP contribution in [0.25, 0.3) is 11.3 Å². The van der Waals surface area contributed by atoms with E-state index >= 15 is 0 Å². The topological polar surface area (TPSA) is 83.8 Å². The maximum atomic E-state index is 13.2. The smallest absolute Gasteiger partial charge is 0.383 e. The Hall–Kier alpha value is -2.60. The molecule has 0 radical (unpaired) electrons. The third-order valence-electron chi connectivity index (χ3n) is 5.92. The number of hydrogen-bond donors (Lipinski definition) is 1. The van der Waals surface area contributed by atoms with Crippen LogP contribution in [0.4, 0.5) is 19.0 Å². The van der Waals surface area contributed by atoms with Crippen molar-refractivity contribution in [2.45, 2.75) is 38.4 Å². The van der Waals surface area contributed by atoms with Gasteiger partial charge < -0.3 is 10.6 Å². The molecule has 1 aliphatic carbocycles. The zero-order valence-electron chi connectivity index (χ0n) is 16.3. The first-order chi connectivity index (χ1) is 13.7. The van der Waals surface area contributed by atoms with Crippen LogP contribution in [0.5, 0.6) is 0 Å². The summed E-state index contributed by atoms with van der Waals surface area (Å²) in [5.74, 6) is 0.872. The Morgan fingerprint density at radius 2 is 1.97 bits per heavy atom. The first-order valence-electron chi connectivity index (χ1n) is 9.72. The summed E-state index contributed by atoms with van der Waals surface area (Å²) >= 11 is 0. The summed E-state index contributed by atoms with van der Waals surface area (Å²) in [5.41, 5.74) is 6.35. The highest BCUT2D eigenvalue weighted by atomic mass is 19.4. The van der Waals surface area contributed by atoms with Crippen LogP contribution in [0, 0.1) is 23.2 Å². The maximum absolute atomic E-state index is 13.2. The van der Waals surface area contributed by atoms with Crippen LogP contribution in [-0.4, -0.2) is 39.3 Å². The van der Waals surface area contributed by atoms with Crippen LogP contribution in [0.15, 0.2) is 18.3 Å². The number of nitrogens with zero attached hydrogens (tertiary/aromatic N) is 5. The molecule has 2 N–H and O–H groups in total. The molecular formula is C20H23F3N6. The molecule has 1 saturated heterocycles. The van der Waals surface area contributed by atoms with Gasteiger partial charge in [0.25, 0.3) is 0 Å². The summed E-state index contributed by atoms with van der Waals surface area (Å²) in [7, 11) is 0. The molecule has 4 rings (SSSR count). The average molecular weight is 404 g/mol. The minimum atomic E-state index is -4.56. The second-order valence-corrected chi connectivity index (χ2v) is 8.17. The molecule has 1 saturated carbocycles. The zero-order chi connectivity index (χ0) is 20.9. The maximum Gasteiger partial charge on any atom is 0.419 e. The van der Waals surface area contributed by atoms with E-state index in [2.05, 4.69) is 21.1 Å². The van der Waals surface area contributed by atoms with Crippen LogP contribution in [0.2, 0.25) is 0 Å². The highest BCUT2D eigenvalue weighted by Gasteiger charge is 2.57. The van der Waals surface area contributed by atoms with E-state index in [9.17, 15) is 13.2 Å². The number of likely N-dealkylation sites (tertiary alicyclic amines) is 1. The third kappa shape index (κ3) is 3.57. The van der Waals surface area contributed by atoms with E-state index in [0.717, 1.165) is 31.4 Å². The number of nitriles is 1. The SMILES string of the molecule is CC(C)n1nc(-c2cnc(N)c(C(F)(F)F)c2)cc1C1C2CN(CCC#N)CC21. The van der Waals surface area contributed by atoms with E-state index in [1.807, 2.05) is 24.6 Å². The lowest BCUT2D eigenvalue weighted by atomic mass is 10.1. The quantitative estimate of drug-likeness (QED) is 0.822. The summed E-state index contributed by atoms with van der Waals surface area (Å²) < 4.78 is 41.5. The van der Waals surface area contributed by atoms with Gasteiger partial charge in [-0.25, -0.2) is 4.98 Å². The Bertz CT molecular complexity index is 946. The number of anilines is 1. The Balaban J connectivity index is 1.61. The molecule has 0 spiro atoms. The summed E-state index contributed by atoms with van der Waals surface area (Å²) in [6.07, 6.45) is -2.68. The second kappa shape index (κ2) is 7.02. The van der Waals surface area contributed by atoms with E-state index in [0.29, 0.717) is 35.4 Å². The molecule has 0 amide bonds. The highest BCUT2D eigenvalue weighted by molar-refractivity contribution is 5.63. The molecule has 6 nitrogen and oxygen atoms in total. The van der Waals surface area contributed by atoms with Gasteiger partial charge in [0, 0.05) is 55.5 Å². The number of hydrogen-bond acceptors (Lipinski definition) is 5. The van der Waals surface area contributed by atoms with Gasteiger partial charge in [-0.3, -0.25) is 4.68 Å². The fraction of sp³-hybridized carbons (Fsp3) is 0.550. The summed E-state index contributed by atoms with van der Waals surface area (Å²) in [5, 5.41) is 13.4. The Morgan fingerprint density at radius 1 is 1.28 bits per heavy atom. The lowest BCUT2D eigenvalue weighted by Gasteiger charge is -2.19. The Labute approximate surface area is 167 Å². The number of fused-ring (bicyclic) bond motifs is 1. The molecule has 2 aromatic rings. The van der Waals surface area contributed by atoms with E-state index in [4.69, 9.17) is 11.0 Å². The number of nitrogens with two attached hydrogens (primary N) is 1. The lowest BCUT2D eigenvalue weighted by molar-refractivity contribution is -0.137. The van der Waals surface area contributed by atoms with Gasteiger partial charge in [-0.2, -0.15) is 23.5 Å². The first-order valence-corrected chi connectivity index (χ1v) is 9.72. The lowest BCUT2D eigenvalue weighted by Crippen LogP contribution is -2.25. The number of nitrogen functional groups attached to an aromatic ring is 1. The first kappa shape index (κ1) is 19.7. The van der Waals surface area contributed by atoms with Gasteiger partial charge in [0.05, 0.1) is 17.3 Å². The zero-order valence-corrected chi connectivity index (χ0v) is 16.3. The minimum absolute atomic E-state index is 0.0959. The fourth-order valence-electron chi connectivity index (χ4n) is 4.50. The average Bonchev–Trinajstić information content (AvgIpc) is 3.00. The number of alkyl halides is 3. The molecule has 1 aliphatic heterocycles. The van der Waals surface area contributed by atoms with Crippen LogP contribution < -0.4 is 5.73 Å². The van der Waals surface area contributed by atoms with Gasteiger partial charge in [-0.05, 0) is 37.8 Å².